The zero-order valence-electron chi connectivity index (χ0n) is 18.8. The minimum absolute atomic E-state index is 0.0427. The third-order valence-electron chi connectivity index (χ3n) is 3.38. The van der Waals surface area contributed by atoms with Crippen LogP contribution in [0.15, 0.2) is 48.9 Å². The molecular weight excluding hydrogens is 472 g/mol. The molecule has 1 amide bonds. The van der Waals surface area contributed by atoms with Crippen molar-refractivity contribution in [3.05, 3.63) is 77.1 Å². The highest BCUT2D eigenvalue weighted by Gasteiger charge is 2.16. The van der Waals surface area contributed by atoms with Crippen LogP contribution < -0.4 is 11.1 Å². The summed E-state index contributed by atoms with van der Waals surface area (Å²) in [7, 11) is 0. The van der Waals surface area contributed by atoms with Crippen LogP contribution in [0.2, 0.25) is 5.15 Å². The Morgan fingerprint density at radius 1 is 1.03 bits per heavy atom. The van der Waals surface area contributed by atoms with Gasteiger partial charge in [0.25, 0.3) is 0 Å². The number of anilines is 2. The lowest BCUT2D eigenvalue weighted by molar-refractivity contribution is 0.0634. The first-order valence-corrected chi connectivity index (χ1v) is 9.98. The Bertz CT molecular complexity index is 1070. The van der Waals surface area contributed by atoms with Crippen molar-refractivity contribution in [2.45, 2.75) is 33.3 Å². The molecule has 34 heavy (non-hydrogen) atoms. The van der Waals surface area contributed by atoms with Crippen LogP contribution in [0.3, 0.4) is 0 Å². The first-order chi connectivity index (χ1) is 15.8. The van der Waals surface area contributed by atoms with Gasteiger partial charge < -0.3 is 15.6 Å². The molecule has 0 radical (unpaired) electrons. The molecule has 3 aromatic rings. The normalized spacial score (nSPS) is 10.1. The molecule has 0 aromatic carbocycles. The zero-order valence-corrected chi connectivity index (χ0v) is 19.6. The highest BCUT2D eigenvalue weighted by molar-refractivity contribution is 6.29. The minimum atomic E-state index is -1.26. The average molecular weight is 496 g/mol. The van der Waals surface area contributed by atoms with Crippen LogP contribution in [0.1, 0.15) is 36.7 Å². The van der Waals surface area contributed by atoms with Gasteiger partial charge >= 0.3 is 12.1 Å². The summed E-state index contributed by atoms with van der Waals surface area (Å²) < 4.78 is 29.7. The van der Waals surface area contributed by atoms with Gasteiger partial charge in [-0.3, -0.25) is 5.32 Å². The first-order valence-electron chi connectivity index (χ1n) is 9.61. The number of carboxylic acid groups (broad SMARTS) is 1. The third kappa shape index (κ3) is 11.7. The van der Waals surface area contributed by atoms with E-state index in [1.807, 2.05) is 13.0 Å². The van der Waals surface area contributed by atoms with E-state index in [0.29, 0.717) is 10.8 Å². The van der Waals surface area contributed by atoms with E-state index in [4.69, 9.17) is 27.2 Å². The zero-order chi connectivity index (χ0) is 25.9. The lowest BCUT2D eigenvalue weighted by Crippen LogP contribution is -2.27. The van der Waals surface area contributed by atoms with E-state index >= 15 is 0 Å². The number of nitrogen functional groups attached to an aromatic ring is 1. The van der Waals surface area contributed by atoms with Gasteiger partial charge in [0, 0.05) is 12.3 Å². The van der Waals surface area contributed by atoms with Gasteiger partial charge in [0.15, 0.2) is 0 Å². The fourth-order valence-electron chi connectivity index (χ4n) is 1.95. The molecule has 0 aliphatic heterocycles. The number of aromatic nitrogens is 3. The average Bonchev–Trinajstić information content (AvgIpc) is 2.73. The van der Waals surface area contributed by atoms with Crippen LogP contribution in [-0.2, 0) is 4.74 Å². The van der Waals surface area contributed by atoms with Crippen molar-refractivity contribution in [1.82, 2.24) is 15.0 Å². The van der Waals surface area contributed by atoms with Gasteiger partial charge in [0.1, 0.15) is 10.8 Å². The summed E-state index contributed by atoms with van der Waals surface area (Å²) in [4.78, 5) is 32.0. The molecule has 0 unspecified atom stereocenters. The van der Waals surface area contributed by atoms with Crippen LogP contribution >= 0.6 is 11.6 Å². The highest BCUT2D eigenvalue weighted by atomic mass is 35.5. The molecule has 0 saturated heterocycles. The Kier molecular flexibility index (Phi) is 10.8. The van der Waals surface area contributed by atoms with Crippen molar-refractivity contribution in [2.75, 3.05) is 11.1 Å². The second-order valence-corrected chi connectivity index (χ2v) is 7.94. The summed E-state index contributed by atoms with van der Waals surface area (Å²) >= 11 is 5.50. The molecule has 12 heteroatoms. The molecule has 3 aromatic heterocycles. The lowest BCUT2D eigenvalue weighted by Gasteiger charge is -2.19. The van der Waals surface area contributed by atoms with Crippen molar-refractivity contribution in [1.29, 1.82) is 0 Å². The highest BCUT2D eigenvalue weighted by Crippen LogP contribution is 2.11. The van der Waals surface area contributed by atoms with Crippen LogP contribution in [-0.4, -0.2) is 37.7 Å². The van der Waals surface area contributed by atoms with Crippen molar-refractivity contribution in [3.63, 3.8) is 0 Å². The van der Waals surface area contributed by atoms with Gasteiger partial charge in [-0.2, -0.15) is 8.78 Å². The second-order valence-electron chi connectivity index (χ2n) is 7.55. The molecule has 0 fully saturated rings. The predicted octanol–water partition coefficient (Wildman–Crippen LogP) is 5.11. The van der Waals surface area contributed by atoms with Crippen LogP contribution in [0.25, 0.3) is 0 Å². The fourth-order valence-corrected chi connectivity index (χ4v) is 2.06. The number of halogens is 3. The number of nitrogens with zero attached hydrogens (tertiary/aromatic N) is 3. The number of carbonyl (C=O) groups is 2. The van der Waals surface area contributed by atoms with Crippen molar-refractivity contribution < 1.29 is 28.2 Å². The second kappa shape index (κ2) is 13.0. The lowest BCUT2D eigenvalue weighted by atomic mass is 10.2. The van der Waals surface area contributed by atoms with Gasteiger partial charge in [-0.05, 0) is 51.5 Å². The third-order valence-corrected chi connectivity index (χ3v) is 3.60. The Balaban J connectivity index is 0.000000268. The molecule has 0 bridgehead atoms. The standard InChI is InChI=1S/C10H13FN2O2.C6H6ClN.C6H5FN2O2/c1-10(2,3)15-9(14)13-7-4-5-8(11)12-6-7;1-5-2-3-6(7)8-4-5;7-5-1-3(6(10)11)4(8)2-9-5/h4-6H,1-3H3,(H,13,14);2-4H,1H3;1-2H,8H2,(H,10,11). The molecule has 9 nitrogen and oxygen atoms in total. The Morgan fingerprint density at radius 2 is 1.68 bits per heavy atom. The van der Waals surface area contributed by atoms with Gasteiger partial charge in [0.05, 0.1) is 29.3 Å². The Hall–Kier alpha value is -3.86. The molecule has 3 heterocycles. The number of pyridine rings is 3. The number of carbonyl (C=O) groups excluding carboxylic acids is 1. The smallest absolute Gasteiger partial charge is 0.412 e. The van der Waals surface area contributed by atoms with Gasteiger partial charge in [-0.1, -0.05) is 17.7 Å². The molecule has 0 atom stereocenters. The van der Waals surface area contributed by atoms with Crippen LogP contribution in [0.4, 0.5) is 25.0 Å². The first kappa shape index (κ1) is 28.2. The predicted molar refractivity (Wildman–Crippen MR) is 124 cm³/mol. The molecule has 0 aliphatic carbocycles. The summed E-state index contributed by atoms with van der Waals surface area (Å²) in [5.74, 6) is -2.70. The van der Waals surface area contributed by atoms with E-state index in [2.05, 4.69) is 20.3 Å². The topological polar surface area (TPSA) is 140 Å². The van der Waals surface area contributed by atoms with E-state index in [9.17, 15) is 18.4 Å². The van der Waals surface area contributed by atoms with Gasteiger partial charge in [-0.25, -0.2) is 24.5 Å². The summed E-state index contributed by atoms with van der Waals surface area (Å²) in [6.07, 6.45) is 3.34. The van der Waals surface area contributed by atoms with E-state index in [1.165, 1.54) is 12.3 Å². The minimum Gasteiger partial charge on any atom is -0.478 e. The van der Waals surface area contributed by atoms with Gasteiger partial charge in [-0.15, -0.1) is 0 Å². The van der Waals surface area contributed by atoms with Crippen LogP contribution in [0.5, 0.6) is 0 Å². The summed E-state index contributed by atoms with van der Waals surface area (Å²) in [5, 5.41) is 11.4. The number of nitrogens with one attached hydrogen (secondary N) is 1. The van der Waals surface area contributed by atoms with E-state index in [0.717, 1.165) is 23.9 Å². The molecule has 3 rings (SSSR count). The number of ether oxygens (including phenoxy) is 1. The SMILES string of the molecule is CC(C)(C)OC(=O)Nc1ccc(F)nc1.Cc1ccc(Cl)nc1.Nc1cnc(F)cc1C(=O)O. The molecule has 182 valence electrons. The number of carboxylic acids is 1. The van der Waals surface area contributed by atoms with Crippen molar-refractivity contribution in [3.8, 4) is 0 Å². The molecule has 0 aliphatic rings. The van der Waals surface area contributed by atoms with Crippen molar-refractivity contribution >= 4 is 35.0 Å². The number of rotatable bonds is 2. The summed E-state index contributed by atoms with van der Waals surface area (Å²) in [5.41, 5.74) is 5.84. The molecular formula is C22H24ClF2N5O4. The molecule has 0 saturated carbocycles. The number of aryl methyl sites for hydroxylation is 1. The largest absolute Gasteiger partial charge is 0.478 e. The number of aromatic carboxylic acids is 1. The van der Waals surface area contributed by atoms with Gasteiger partial charge in [0.2, 0.25) is 11.9 Å². The summed E-state index contributed by atoms with van der Waals surface area (Å²) in [6, 6.07) is 7.04. The maximum Gasteiger partial charge on any atom is 0.412 e. The fraction of sp³-hybridized carbons (Fsp3) is 0.227. The quantitative estimate of drug-likeness (QED) is 0.416. The van der Waals surface area contributed by atoms with E-state index < -0.39 is 29.6 Å². The van der Waals surface area contributed by atoms with Crippen molar-refractivity contribution in [2.24, 2.45) is 0 Å². The number of hydrogen-bond acceptors (Lipinski definition) is 7. The maximum atomic E-state index is 12.4. The maximum absolute atomic E-state index is 12.4. The number of hydrogen-bond donors (Lipinski definition) is 3. The molecule has 4 N–H and O–H groups in total. The van der Waals surface area contributed by atoms with E-state index in [1.54, 1.807) is 33.0 Å². The Morgan fingerprint density at radius 3 is 2.12 bits per heavy atom. The number of amides is 1. The van der Waals surface area contributed by atoms with Crippen LogP contribution in [0, 0.1) is 18.8 Å². The Labute approximate surface area is 200 Å². The number of nitrogens with two attached hydrogens (primary N) is 1. The summed E-state index contributed by atoms with van der Waals surface area (Å²) in [6.45, 7) is 7.25. The molecule has 0 spiro atoms. The van der Waals surface area contributed by atoms with E-state index in [-0.39, 0.29) is 11.3 Å². The monoisotopic (exact) mass is 495 g/mol.